The van der Waals surface area contributed by atoms with Gasteiger partial charge < -0.3 is 4.57 Å². The lowest BCUT2D eigenvalue weighted by molar-refractivity contribution is 0.944. The standard InChI is InChI=1S/C15H14ClN3/c1-9-4-5-11(8-10(9)2)13-12-6-7-19(3)14(12)18-15(16)17-13/h4-8H,1-3H3. The van der Waals surface area contributed by atoms with Crippen LogP contribution in [0.3, 0.4) is 0 Å². The Hall–Kier alpha value is -1.87. The van der Waals surface area contributed by atoms with Crippen molar-refractivity contribution < 1.29 is 0 Å². The molecule has 0 aliphatic heterocycles. The number of benzene rings is 1. The zero-order valence-electron chi connectivity index (χ0n) is 11.1. The van der Waals surface area contributed by atoms with Crippen molar-refractivity contribution in [1.82, 2.24) is 14.5 Å². The molecule has 0 aliphatic carbocycles. The number of nitrogens with zero attached hydrogens (tertiary/aromatic N) is 3. The second-order valence-corrected chi connectivity index (χ2v) is 5.14. The Morgan fingerprint density at radius 2 is 1.84 bits per heavy atom. The van der Waals surface area contributed by atoms with Gasteiger partial charge in [0.05, 0.1) is 5.69 Å². The Balaban J connectivity index is 2.32. The molecule has 0 fully saturated rings. The summed E-state index contributed by atoms with van der Waals surface area (Å²) in [5, 5.41) is 1.30. The van der Waals surface area contributed by atoms with E-state index in [9.17, 15) is 0 Å². The lowest BCUT2D eigenvalue weighted by Gasteiger charge is -2.07. The molecule has 0 aliphatic rings. The van der Waals surface area contributed by atoms with Crippen LogP contribution in [0.1, 0.15) is 11.1 Å². The molecular weight excluding hydrogens is 258 g/mol. The predicted octanol–water partition coefficient (Wildman–Crippen LogP) is 3.91. The Labute approximate surface area is 116 Å². The van der Waals surface area contributed by atoms with Gasteiger partial charge in [-0.15, -0.1) is 0 Å². The Morgan fingerprint density at radius 3 is 2.58 bits per heavy atom. The van der Waals surface area contributed by atoms with E-state index < -0.39 is 0 Å². The molecule has 0 unspecified atom stereocenters. The number of aryl methyl sites for hydroxylation is 3. The first-order valence-corrected chi connectivity index (χ1v) is 6.50. The number of fused-ring (bicyclic) bond motifs is 1. The molecule has 3 aromatic rings. The summed E-state index contributed by atoms with van der Waals surface area (Å²) in [6.07, 6.45) is 1.97. The molecule has 4 heteroatoms. The average Bonchev–Trinajstić information content (AvgIpc) is 2.74. The van der Waals surface area contributed by atoms with Gasteiger partial charge in [-0.25, -0.2) is 4.98 Å². The molecule has 2 aromatic heterocycles. The van der Waals surface area contributed by atoms with Crippen LogP contribution in [-0.4, -0.2) is 14.5 Å². The minimum absolute atomic E-state index is 0.280. The van der Waals surface area contributed by atoms with Gasteiger partial charge >= 0.3 is 0 Å². The van der Waals surface area contributed by atoms with Gasteiger partial charge in [-0.2, -0.15) is 4.98 Å². The summed E-state index contributed by atoms with van der Waals surface area (Å²) in [7, 11) is 1.95. The van der Waals surface area contributed by atoms with Gasteiger partial charge in [-0.3, -0.25) is 0 Å². The van der Waals surface area contributed by atoms with Gasteiger partial charge in [0.2, 0.25) is 5.28 Å². The number of hydrogen-bond donors (Lipinski definition) is 0. The average molecular weight is 272 g/mol. The number of rotatable bonds is 1. The zero-order valence-corrected chi connectivity index (χ0v) is 11.9. The van der Waals surface area contributed by atoms with Gasteiger partial charge in [-0.1, -0.05) is 12.1 Å². The molecule has 2 heterocycles. The Morgan fingerprint density at radius 1 is 1.05 bits per heavy atom. The number of hydrogen-bond acceptors (Lipinski definition) is 2. The van der Waals surface area contributed by atoms with E-state index in [4.69, 9.17) is 11.6 Å². The quantitative estimate of drug-likeness (QED) is 0.629. The monoisotopic (exact) mass is 271 g/mol. The SMILES string of the molecule is Cc1ccc(-c2nc(Cl)nc3c2ccn3C)cc1C. The van der Waals surface area contributed by atoms with E-state index in [-0.39, 0.29) is 5.28 Å². The fourth-order valence-corrected chi connectivity index (χ4v) is 2.38. The fraction of sp³-hybridized carbons (Fsp3) is 0.200. The van der Waals surface area contributed by atoms with E-state index in [1.54, 1.807) is 0 Å². The van der Waals surface area contributed by atoms with Gasteiger partial charge in [0.15, 0.2) is 0 Å². The molecule has 0 radical (unpaired) electrons. The van der Waals surface area contributed by atoms with E-state index in [0.717, 1.165) is 22.3 Å². The van der Waals surface area contributed by atoms with Crippen LogP contribution in [0.4, 0.5) is 0 Å². The van der Waals surface area contributed by atoms with Crippen molar-refractivity contribution in [2.24, 2.45) is 7.05 Å². The zero-order chi connectivity index (χ0) is 13.6. The first-order chi connectivity index (χ1) is 9.06. The molecule has 0 saturated carbocycles. The Bertz CT molecular complexity index is 774. The van der Waals surface area contributed by atoms with Crippen molar-refractivity contribution in [3.8, 4) is 11.3 Å². The lowest BCUT2D eigenvalue weighted by atomic mass is 10.0. The van der Waals surface area contributed by atoms with Crippen molar-refractivity contribution in [2.45, 2.75) is 13.8 Å². The maximum Gasteiger partial charge on any atom is 0.224 e. The van der Waals surface area contributed by atoms with E-state index in [2.05, 4.69) is 42.0 Å². The van der Waals surface area contributed by atoms with Crippen molar-refractivity contribution in [1.29, 1.82) is 0 Å². The van der Waals surface area contributed by atoms with Crippen LogP contribution in [0.25, 0.3) is 22.3 Å². The summed E-state index contributed by atoms with van der Waals surface area (Å²) >= 11 is 6.04. The van der Waals surface area contributed by atoms with Gasteiger partial charge in [0, 0.05) is 24.2 Å². The van der Waals surface area contributed by atoms with Crippen molar-refractivity contribution in [3.63, 3.8) is 0 Å². The molecule has 0 bridgehead atoms. The minimum Gasteiger partial charge on any atom is -0.335 e. The van der Waals surface area contributed by atoms with E-state index in [0.29, 0.717) is 0 Å². The molecule has 0 N–H and O–H groups in total. The lowest BCUT2D eigenvalue weighted by Crippen LogP contribution is -1.94. The molecule has 1 aromatic carbocycles. The summed E-state index contributed by atoms with van der Waals surface area (Å²) in [4.78, 5) is 8.68. The second-order valence-electron chi connectivity index (χ2n) is 4.80. The van der Waals surface area contributed by atoms with Crippen LogP contribution in [0.5, 0.6) is 0 Å². The molecular formula is C15H14ClN3. The normalized spacial score (nSPS) is 11.2. The fourth-order valence-electron chi connectivity index (χ4n) is 2.22. The van der Waals surface area contributed by atoms with Crippen LogP contribution in [0.2, 0.25) is 5.28 Å². The van der Waals surface area contributed by atoms with Crippen molar-refractivity contribution in [2.75, 3.05) is 0 Å². The third-order valence-corrected chi connectivity index (χ3v) is 3.65. The van der Waals surface area contributed by atoms with Crippen LogP contribution in [0.15, 0.2) is 30.5 Å². The summed E-state index contributed by atoms with van der Waals surface area (Å²) in [6, 6.07) is 8.35. The summed E-state index contributed by atoms with van der Waals surface area (Å²) in [5.41, 5.74) is 5.33. The van der Waals surface area contributed by atoms with Crippen molar-refractivity contribution in [3.05, 3.63) is 46.9 Å². The topological polar surface area (TPSA) is 30.7 Å². The number of aromatic nitrogens is 3. The molecule has 0 spiro atoms. The van der Waals surface area contributed by atoms with Gasteiger partial charge in [-0.05, 0) is 48.7 Å². The van der Waals surface area contributed by atoms with Crippen LogP contribution >= 0.6 is 11.6 Å². The molecule has 0 saturated heterocycles. The first kappa shape index (κ1) is 12.2. The van der Waals surface area contributed by atoms with Crippen LogP contribution in [-0.2, 0) is 7.05 Å². The van der Waals surface area contributed by atoms with Gasteiger partial charge in [0.1, 0.15) is 5.65 Å². The van der Waals surface area contributed by atoms with Gasteiger partial charge in [0.25, 0.3) is 0 Å². The summed E-state index contributed by atoms with van der Waals surface area (Å²) < 4.78 is 1.95. The molecule has 0 atom stereocenters. The number of halogens is 1. The predicted molar refractivity (Wildman–Crippen MR) is 78.4 cm³/mol. The highest BCUT2D eigenvalue weighted by molar-refractivity contribution is 6.28. The minimum atomic E-state index is 0.280. The maximum absolute atomic E-state index is 6.04. The van der Waals surface area contributed by atoms with E-state index in [1.807, 2.05) is 23.9 Å². The third-order valence-electron chi connectivity index (χ3n) is 3.48. The molecule has 19 heavy (non-hydrogen) atoms. The third kappa shape index (κ3) is 2.00. The molecule has 3 nitrogen and oxygen atoms in total. The highest BCUT2D eigenvalue weighted by Crippen LogP contribution is 2.28. The van der Waals surface area contributed by atoms with Crippen LogP contribution < -0.4 is 0 Å². The van der Waals surface area contributed by atoms with E-state index in [1.165, 1.54) is 11.1 Å². The molecule has 96 valence electrons. The smallest absolute Gasteiger partial charge is 0.224 e. The second kappa shape index (κ2) is 4.35. The molecule has 0 amide bonds. The summed E-state index contributed by atoms with van der Waals surface area (Å²) in [6.45, 7) is 4.20. The highest BCUT2D eigenvalue weighted by atomic mass is 35.5. The largest absolute Gasteiger partial charge is 0.335 e. The van der Waals surface area contributed by atoms with E-state index >= 15 is 0 Å². The van der Waals surface area contributed by atoms with Crippen molar-refractivity contribution >= 4 is 22.6 Å². The maximum atomic E-state index is 6.04. The Kier molecular flexibility index (Phi) is 2.79. The molecule has 3 rings (SSSR count). The highest BCUT2D eigenvalue weighted by Gasteiger charge is 2.11. The summed E-state index contributed by atoms with van der Waals surface area (Å²) in [5.74, 6) is 0. The van der Waals surface area contributed by atoms with Crippen LogP contribution in [0, 0.1) is 13.8 Å². The first-order valence-electron chi connectivity index (χ1n) is 6.12.